The van der Waals surface area contributed by atoms with Gasteiger partial charge >= 0.3 is 0 Å². The zero-order chi connectivity index (χ0) is 11.7. The molecular weight excluding hydrogens is 214 g/mol. The van der Waals surface area contributed by atoms with Crippen molar-refractivity contribution in [1.82, 2.24) is 0 Å². The van der Waals surface area contributed by atoms with E-state index in [1.807, 2.05) is 30.3 Å². The van der Waals surface area contributed by atoms with Crippen molar-refractivity contribution in [3.05, 3.63) is 35.9 Å². The molecule has 1 unspecified atom stereocenters. The number of fused-ring (bicyclic) bond motifs is 1. The van der Waals surface area contributed by atoms with Crippen molar-refractivity contribution in [1.29, 1.82) is 0 Å². The minimum absolute atomic E-state index is 0.642. The Bertz CT molecular complexity index is 556. The molecule has 5 heteroatoms. The van der Waals surface area contributed by atoms with Gasteiger partial charge in [-0.15, -0.1) is 0 Å². The van der Waals surface area contributed by atoms with E-state index in [-0.39, 0.29) is 0 Å². The highest BCUT2D eigenvalue weighted by atomic mass is 15.3. The third-order valence-electron chi connectivity index (χ3n) is 2.75. The standard InChI is InChI=1S/C12H11N5/c13-12-11(15-8-17-12)10(14-7-16-12)6-9-4-2-1-3-5-9/h1-5,7-8H,6,13H2. The average Bonchev–Trinajstić information content (AvgIpc) is 2.73. The van der Waals surface area contributed by atoms with Gasteiger partial charge in [0.25, 0.3) is 5.79 Å². The van der Waals surface area contributed by atoms with Crippen LogP contribution in [0.15, 0.2) is 50.3 Å². The summed E-state index contributed by atoms with van der Waals surface area (Å²) in [5.74, 6) is -1.05. The molecule has 1 atom stereocenters. The summed E-state index contributed by atoms with van der Waals surface area (Å²) in [6, 6.07) is 10.1. The summed E-state index contributed by atoms with van der Waals surface area (Å²) < 4.78 is 0. The molecule has 5 nitrogen and oxygen atoms in total. The summed E-state index contributed by atoms with van der Waals surface area (Å²) in [6.45, 7) is 0. The molecule has 2 heterocycles. The first-order chi connectivity index (χ1) is 8.28. The monoisotopic (exact) mass is 225 g/mol. The minimum Gasteiger partial charge on any atom is -0.283 e. The number of benzene rings is 1. The van der Waals surface area contributed by atoms with Gasteiger partial charge in [0.05, 0.1) is 5.71 Å². The number of hydrogen-bond donors (Lipinski definition) is 1. The largest absolute Gasteiger partial charge is 0.283 e. The normalized spacial score (nSPS) is 25.5. The van der Waals surface area contributed by atoms with Gasteiger partial charge in [-0.2, -0.15) is 0 Å². The van der Waals surface area contributed by atoms with Crippen LogP contribution in [0.3, 0.4) is 0 Å². The lowest BCUT2D eigenvalue weighted by molar-refractivity contribution is 0.649. The molecule has 0 saturated heterocycles. The number of nitrogens with zero attached hydrogens (tertiary/aromatic N) is 4. The van der Waals surface area contributed by atoms with Crippen LogP contribution in [0.5, 0.6) is 0 Å². The van der Waals surface area contributed by atoms with E-state index in [2.05, 4.69) is 20.0 Å². The molecule has 3 rings (SSSR count). The third kappa shape index (κ3) is 1.70. The SMILES string of the molecule is NC12N=CN=C(Cc3ccccc3)C1=NC=N2. The van der Waals surface area contributed by atoms with Crippen LogP contribution in [-0.2, 0) is 6.42 Å². The number of rotatable bonds is 2. The molecule has 2 N–H and O–H groups in total. The van der Waals surface area contributed by atoms with Gasteiger partial charge in [0.2, 0.25) is 0 Å². The first-order valence-electron chi connectivity index (χ1n) is 5.33. The fourth-order valence-electron chi connectivity index (χ4n) is 1.88. The Labute approximate surface area is 98.5 Å². The highest BCUT2D eigenvalue weighted by molar-refractivity contribution is 6.49. The van der Waals surface area contributed by atoms with Gasteiger partial charge in [-0.1, -0.05) is 30.3 Å². The summed E-state index contributed by atoms with van der Waals surface area (Å²) >= 11 is 0. The fraction of sp³-hybridized carbons (Fsp3) is 0.167. The summed E-state index contributed by atoms with van der Waals surface area (Å²) in [5, 5.41) is 0. The van der Waals surface area contributed by atoms with Crippen LogP contribution in [0.1, 0.15) is 5.56 Å². The molecule has 84 valence electrons. The van der Waals surface area contributed by atoms with Gasteiger partial charge in [0, 0.05) is 6.42 Å². The van der Waals surface area contributed by atoms with E-state index < -0.39 is 5.79 Å². The second-order valence-electron chi connectivity index (χ2n) is 3.93. The highest BCUT2D eigenvalue weighted by Gasteiger charge is 2.37. The van der Waals surface area contributed by atoms with Gasteiger partial charge in [0.1, 0.15) is 18.4 Å². The maximum Gasteiger partial charge on any atom is 0.251 e. The van der Waals surface area contributed by atoms with Crippen LogP contribution in [0.2, 0.25) is 0 Å². The summed E-state index contributed by atoms with van der Waals surface area (Å²) in [7, 11) is 0. The molecule has 0 fully saturated rings. The summed E-state index contributed by atoms with van der Waals surface area (Å²) in [5.41, 5.74) is 8.63. The van der Waals surface area contributed by atoms with Crippen LogP contribution < -0.4 is 5.73 Å². The topological polar surface area (TPSA) is 75.5 Å². The molecule has 0 aromatic heterocycles. The van der Waals surface area contributed by atoms with Crippen molar-refractivity contribution in [2.75, 3.05) is 0 Å². The van der Waals surface area contributed by atoms with E-state index in [0.29, 0.717) is 12.1 Å². The smallest absolute Gasteiger partial charge is 0.251 e. The van der Waals surface area contributed by atoms with Gasteiger partial charge < -0.3 is 0 Å². The van der Waals surface area contributed by atoms with Crippen LogP contribution in [0.25, 0.3) is 0 Å². The van der Waals surface area contributed by atoms with E-state index in [1.54, 1.807) is 0 Å². The maximum absolute atomic E-state index is 6.00. The lowest BCUT2D eigenvalue weighted by Gasteiger charge is -2.21. The number of nitrogens with two attached hydrogens (primary N) is 1. The van der Waals surface area contributed by atoms with Crippen molar-refractivity contribution < 1.29 is 0 Å². The molecule has 2 aliphatic rings. The first kappa shape index (κ1) is 10.0. The van der Waals surface area contributed by atoms with Crippen LogP contribution >= 0.6 is 0 Å². The van der Waals surface area contributed by atoms with E-state index in [4.69, 9.17) is 5.73 Å². The highest BCUT2D eigenvalue weighted by Crippen LogP contribution is 2.18. The molecule has 2 aliphatic heterocycles. The Morgan fingerprint density at radius 3 is 2.47 bits per heavy atom. The molecule has 0 radical (unpaired) electrons. The van der Waals surface area contributed by atoms with Gasteiger partial charge in [0.15, 0.2) is 0 Å². The fourth-order valence-corrected chi connectivity index (χ4v) is 1.88. The Morgan fingerprint density at radius 1 is 1.00 bits per heavy atom. The molecule has 17 heavy (non-hydrogen) atoms. The zero-order valence-corrected chi connectivity index (χ0v) is 9.11. The van der Waals surface area contributed by atoms with Crippen molar-refractivity contribution in [2.45, 2.75) is 12.2 Å². The van der Waals surface area contributed by atoms with Gasteiger partial charge in [-0.3, -0.25) is 5.73 Å². The number of hydrogen-bond acceptors (Lipinski definition) is 5. The molecule has 1 aromatic rings. The summed E-state index contributed by atoms with van der Waals surface area (Å²) in [4.78, 5) is 16.5. The minimum atomic E-state index is -1.05. The molecule has 0 bridgehead atoms. The summed E-state index contributed by atoms with van der Waals surface area (Å²) in [6.07, 6.45) is 3.59. The van der Waals surface area contributed by atoms with Crippen LogP contribution in [0.4, 0.5) is 0 Å². The van der Waals surface area contributed by atoms with Gasteiger partial charge in [-0.25, -0.2) is 20.0 Å². The van der Waals surface area contributed by atoms with Crippen molar-refractivity contribution in [3.8, 4) is 0 Å². The molecule has 0 aliphatic carbocycles. The third-order valence-corrected chi connectivity index (χ3v) is 2.75. The van der Waals surface area contributed by atoms with Crippen molar-refractivity contribution in [2.24, 2.45) is 25.7 Å². The van der Waals surface area contributed by atoms with Crippen molar-refractivity contribution >= 4 is 24.1 Å². The van der Waals surface area contributed by atoms with Crippen LogP contribution in [-0.4, -0.2) is 29.9 Å². The molecule has 1 aromatic carbocycles. The Hall–Kier alpha value is -2.14. The Kier molecular flexibility index (Phi) is 2.19. The average molecular weight is 225 g/mol. The second kappa shape index (κ2) is 3.71. The Balaban J connectivity index is 1.90. The first-order valence-corrected chi connectivity index (χ1v) is 5.33. The predicted octanol–water partition coefficient (Wildman–Crippen LogP) is 0.807. The van der Waals surface area contributed by atoms with Gasteiger partial charge in [-0.05, 0) is 5.56 Å². The molecule has 0 spiro atoms. The quantitative estimate of drug-likeness (QED) is 0.794. The lowest BCUT2D eigenvalue weighted by Crippen LogP contribution is -2.48. The van der Waals surface area contributed by atoms with E-state index in [1.165, 1.54) is 18.2 Å². The number of aliphatic imine (C=N–C) groups is 4. The van der Waals surface area contributed by atoms with E-state index in [0.717, 1.165) is 5.71 Å². The lowest BCUT2D eigenvalue weighted by atomic mass is 10.0. The second-order valence-corrected chi connectivity index (χ2v) is 3.93. The molecular formula is C12H11N5. The van der Waals surface area contributed by atoms with Crippen LogP contribution in [0, 0.1) is 0 Å². The molecule has 0 amide bonds. The zero-order valence-electron chi connectivity index (χ0n) is 9.11. The molecule has 0 saturated carbocycles. The van der Waals surface area contributed by atoms with E-state index in [9.17, 15) is 0 Å². The Morgan fingerprint density at radius 2 is 1.71 bits per heavy atom. The maximum atomic E-state index is 6.00. The predicted molar refractivity (Wildman–Crippen MR) is 68.9 cm³/mol. The van der Waals surface area contributed by atoms with Crippen molar-refractivity contribution in [3.63, 3.8) is 0 Å². The van der Waals surface area contributed by atoms with E-state index >= 15 is 0 Å².